The average Bonchev–Trinajstić information content (AvgIpc) is 2.63. The Morgan fingerprint density at radius 2 is 2.18 bits per heavy atom. The minimum absolute atomic E-state index is 0.939. The Balaban J connectivity index is 2.03. The van der Waals surface area contributed by atoms with Crippen molar-refractivity contribution in [2.45, 2.75) is 25.7 Å². The summed E-state index contributed by atoms with van der Waals surface area (Å²) in [5, 5.41) is 0. The summed E-state index contributed by atoms with van der Waals surface area (Å²) in [6.07, 6.45) is 4.62. The lowest BCUT2D eigenvalue weighted by Crippen LogP contribution is -2.35. The van der Waals surface area contributed by atoms with Crippen molar-refractivity contribution in [1.29, 1.82) is 0 Å². The summed E-state index contributed by atoms with van der Waals surface area (Å²) in [7, 11) is 1.72. The fourth-order valence-electron chi connectivity index (χ4n) is 2.66. The Labute approximate surface area is 102 Å². The van der Waals surface area contributed by atoms with E-state index in [2.05, 4.69) is 23.1 Å². The zero-order valence-corrected chi connectivity index (χ0v) is 10.3. The molecule has 3 nitrogen and oxygen atoms in total. The number of anilines is 1. The normalized spacial score (nSPS) is 18.9. The van der Waals surface area contributed by atoms with E-state index >= 15 is 0 Å². The molecule has 3 heteroatoms. The number of aliphatic imine (C=N–C) groups is 1. The number of methoxy groups -OCH3 is 1. The number of benzene rings is 1. The molecule has 0 amide bonds. The summed E-state index contributed by atoms with van der Waals surface area (Å²) in [6.45, 7) is 2.09. The molecule has 0 N–H and O–H groups in total. The van der Waals surface area contributed by atoms with Crippen LogP contribution in [0.5, 0.6) is 5.75 Å². The molecule has 0 spiro atoms. The van der Waals surface area contributed by atoms with Gasteiger partial charge < -0.3 is 9.64 Å². The highest BCUT2D eigenvalue weighted by Gasteiger charge is 2.23. The molecule has 0 radical (unpaired) electrons. The van der Waals surface area contributed by atoms with Crippen molar-refractivity contribution in [3.63, 3.8) is 0 Å². The van der Waals surface area contributed by atoms with Crippen LogP contribution in [0.3, 0.4) is 0 Å². The highest BCUT2D eigenvalue weighted by molar-refractivity contribution is 6.00. The second-order valence-corrected chi connectivity index (χ2v) is 4.65. The maximum atomic E-state index is 5.32. The second kappa shape index (κ2) is 4.40. The monoisotopic (exact) mass is 230 g/mol. The van der Waals surface area contributed by atoms with Gasteiger partial charge in [0.2, 0.25) is 0 Å². The van der Waals surface area contributed by atoms with Crippen molar-refractivity contribution in [2.24, 2.45) is 4.99 Å². The van der Waals surface area contributed by atoms with E-state index in [-0.39, 0.29) is 0 Å². The molecule has 0 saturated carbocycles. The Bertz CT molecular complexity index is 454. The molecule has 0 unspecified atom stereocenters. The van der Waals surface area contributed by atoms with Gasteiger partial charge in [-0.15, -0.1) is 0 Å². The molecule has 17 heavy (non-hydrogen) atoms. The molecule has 0 saturated heterocycles. The minimum Gasteiger partial charge on any atom is -0.497 e. The summed E-state index contributed by atoms with van der Waals surface area (Å²) in [5.41, 5.74) is 2.72. The van der Waals surface area contributed by atoms with E-state index in [1.165, 1.54) is 29.9 Å². The van der Waals surface area contributed by atoms with Crippen molar-refractivity contribution >= 4 is 11.5 Å². The highest BCUT2D eigenvalue weighted by Crippen LogP contribution is 2.32. The first kappa shape index (κ1) is 10.6. The molecular weight excluding hydrogens is 212 g/mol. The maximum absolute atomic E-state index is 5.32. The minimum atomic E-state index is 0.939. The molecule has 1 aromatic carbocycles. The van der Waals surface area contributed by atoms with Crippen LogP contribution in [0.15, 0.2) is 23.2 Å². The quantitative estimate of drug-likeness (QED) is 0.741. The summed E-state index contributed by atoms with van der Waals surface area (Å²) in [5.74, 6) is 2.21. The van der Waals surface area contributed by atoms with E-state index in [1.807, 2.05) is 0 Å². The van der Waals surface area contributed by atoms with Gasteiger partial charge in [-0.05, 0) is 30.9 Å². The van der Waals surface area contributed by atoms with Crippen molar-refractivity contribution < 1.29 is 4.74 Å². The number of ether oxygens (including phenoxy) is 1. The maximum Gasteiger partial charge on any atom is 0.120 e. The summed E-state index contributed by atoms with van der Waals surface area (Å²) in [4.78, 5) is 7.08. The van der Waals surface area contributed by atoms with Crippen molar-refractivity contribution in [1.82, 2.24) is 0 Å². The van der Waals surface area contributed by atoms with E-state index in [0.717, 1.165) is 31.7 Å². The third-order valence-corrected chi connectivity index (χ3v) is 3.60. The van der Waals surface area contributed by atoms with Gasteiger partial charge in [0, 0.05) is 31.3 Å². The van der Waals surface area contributed by atoms with Crippen LogP contribution in [-0.2, 0) is 6.42 Å². The number of aryl methyl sites for hydroxylation is 1. The average molecular weight is 230 g/mol. The summed E-state index contributed by atoms with van der Waals surface area (Å²) >= 11 is 0. The number of amidine groups is 1. The molecule has 0 fully saturated rings. The van der Waals surface area contributed by atoms with Gasteiger partial charge in [-0.2, -0.15) is 0 Å². The van der Waals surface area contributed by atoms with E-state index < -0.39 is 0 Å². The third-order valence-electron chi connectivity index (χ3n) is 3.60. The Morgan fingerprint density at radius 3 is 3.06 bits per heavy atom. The predicted octanol–water partition coefficient (Wildman–Crippen LogP) is 2.64. The predicted molar refractivity (Wildman–Crippen MR) is 70.2 cm³/mol. The van der Waals surface area contributed by atoms with Crippen LogP contribution in [0, 0.1) is 0 Å². The molecular formula is C14H18N2O. The summed E-state index contributed by atoms with van der Waals surface area (Å²) in [6, 6.07) is 6.39. The lowest BCUT2D eigenvalue weighted by Gasteiger charge is -2.31. The van der Waals surface area contributed by atoms with Gasteiger partial charge in [0.05, 0.1) is 7.11 Å². The van der Waals surface area contributed by atoms with E-state index in [0.29, 0.717) is 0 Å². The van der Waals surface area contributed by atoms with E-state index in [9.17, 15) is 0 Å². The number of fused-ring (bicyclic) bond motifs is 3. The van der Waals surface area contributed by atoms with Crippen LogP contribution in [0.25, 0.3) is 0 Å². The Kier molecular flexibility index (Phi) is 2.75. The van der Waals surface area contributed by atoms with Crippen molar-refractivity contribution in [2.75, 3.05) is 25.1 Å². The molecule has 2 aliphatic heterocycles. The first-order valence-corrected chi connectivity index (χ1v) is 6.36. The molecule has 2 aliphatic rings. The van der Waals surface area contributed by atoms with Gasteiger partial charge in [0.15, 0.2) is 0 Å². The first-order chi connectivity index (χ1) is 8.38. The fraction of sp³-hybridized carbons (Fsp3) is 0.500. The molecule has 90 valence electrons. The Morgan fingerprint density at radius 1 is 1.24 bits per heavy atom. The van der Waals surface area contributed by atoms with Crippen LogP contribution < -0.4 is 9.64 Å². The lowest BCUT2D eigenvalue weighted by molar-refractivity contribution is 0.414. The fourth-order valence-corrected chi connectivity index (χ4v) is 2.66. The van der Waals surface area contributed by atoms with E-state index in [4.69, 9.17) is 9.73 Å². The van der Waals surface area contributed by atoms with Crippen LogP contribution >= 0.6 is 0 Å². The third kappa shape index (κ3) is 1.90. The number of hydrogen-bond donors (Lipinski definition) is 0. The smallest absolute Gasteiger partial charge is 0.120 e. The molecule has 0 atom stereocenters. The molecule has 0 aromatic heterocycles. The first-order valence-electron chi connectivity index (χ1n) is 6.36. The van der Waals surface area contributed by atoms with Gasteiger partial charge in [-0.1, -0.05) is 6.07 Å². The highest BCUT2D eigenvalue weighted by atomic mass is 16.5. The zero-order valence-electron chi connectivity index (χ0n) is 10.3. The van der Waals surface area contributed by atoms with Crippen molar-refractivity contribution in [3.8, 4) is 5.75 Å². The largest absolute Gasteiger partial charge is 0.497 e. The van der Waals surface area contributed by atoms with Gasteiger partial charge in [0.1, 0.15) is 11.6 Å². The van der Waals surface area contributed by atoms with Gasteiger partial charge in [-0.3, -0.25) is 4.99 Å². The van der Waals surface area contributed by atoms with E-state index in [1.54, 1.807) is 7.11 Å². The van der Waals surface area contributed by atoms with Gasteiger partial charge in [-0.25, -0.2) is 0 Å². The topological polar surface area (TPSA) is 24.8 Å². The van der Waals surface area contributed by atoms with Gasteiger partial charge in [0.25, 0.3) is 0 Å². The standard InChI is InChI=1S/C14H18N2O/c1-17-12-6-4-11-5-7-14-15-8-2-3-9-16(14)13(11)10-12/h4,6,10H,2-3,5,7-9H2,1H3. The van der Waals surface area contributed by atoms with Crippen LogP contribution in [0.2, 0.25) is 0 Å². The van der Waals surface area contributed by atoms with Crippen LogP contribution in [0.1, 0.15) is 24.8 Å². The van der Waals surface area contributed by atoms with Gasteiger partial charge >= 0.3 is 0 Å². The van der Waals surface area contributed by atoms with Crippen LogP contribution in [-0.4, -0.2) is 26.0 Å². The van der Waals surface area contributed by atoms with Crippen LogP contribution in [0.4, 0.5) is 5.69 Å². The van der Waals surface area contributed by atoms with Crippen molar-refractivity contribution in [3.05, 3.63) is 23.8 Å². The Hall–Kier alpha value is -1.51. The molecule has 0 aliphatic carbocycles. The molecule has 2 heterocycles. The second-order valence-electron chi connectivity index (χ2n) is 4.65. The molecule has 0 bridgehead atoms. The number of rotatable bonds is 1. The zero-order chi connectivity index (χ0) is 11.7. The number of nitrogens with zero attached hydrogens (tertiary/aromatic N) is 2. The SMILES string of the molecule is COc1ccc2c(c1)N1CCCCN=C1CC2. The number of hydrogen-bond acceptors (Lipinski definition) is 3. The molecule has 1 aromatic rings. The summed E-state index contributed by atoms with van der Waals surface area (Å²) < 4.78 is 5.32. The molecule has 3 rings (SSSR count). The lowest BCUT2D eigenvalue weighted by atomic mass is 10.0.